The molecule has 0 bridgehead atoms. The number of anilines is 1. The molecule has 0 saturated heterocycles. The molecule has 6 nitrogen and oxygen atoms in total. The maximum absolute atomic E-state index is 12.8. The van der Waals surface area contributed by atoms with Gasteiger partial charge < -0.3 is 10.3 Å². The second kappa shape index (κ2) is 7.42. The number of amides is 1. The first kappa shape index (κ1) is 18.9. The summed E-state index contributed by atoms with van der Waals surface area (Å²) < 4.78 is 0.923. The molecule has 0 radical (unpaired) electrons. The Morgan fingerprint density at radius 2 is 1.67 bits per heavy atom. The molecule has 0 aliphatic heterocycles. The van der Waals surface area contributed by atoms with Crippen molar-refractivity contribution in [3.8, 4) is 5.69 Å². The van der Waals surface area contributed by atoms with E-state index in [0.29, 0.717) is 21.4 Å². The van der Waals surface area contributed by atoms with E-state index in [9.17, 15) is 14.4 Å². The minimum absolute atomic E-state index is 0.219. The number of aryl methyl sites for hydroxylation is 2. The lowest BCUT2D eigenvalue weighted by atomic mass is 10.1. The minimum Gasteiger partial charge on any atom is -0.322 e. The summed E-state index contributed by atoms with van der Waals surface area (Å²) in [5.74, 6) is -0.688. The normalized spacial score (nSPS) is 10.7. The Labute approximate surface area is 164 Å². The van der Waals surface area contributed by atoms with Gasteiger partial charge in [0.15, 0.2) is 0 Å². The SMILES string of the molecule is Cc1ccc(-n2c(=O)[nH]cc(C(=O)Nc3cc(Cl)cc(Cl)c3)c2=O)cc1C. The second-order valence-electron chi connectivity index (χ2n) is 6.03. The van der Waals surface area contributed by atoms with Crippen LogP contribution in [0, 0.1) is 13.8 Å². The van der Waals surface area contributed by atoms with Gasteiger partial charge in [0.05, 0.1) is 5.69 Å². The van der Waals surface area contributed by atoms with E-state index in [0.717, 1.165) is 21.9 Å². The first-order chi connectivity index (χ1) is 12.8. The molecule has 138 valence electrons. The molecule has 0 atom stereocenters. The van der Waals surface area contributed by atoms with Crippen LogP contribution in [0.25, 0.3) is 5.69 Å². The smallest absolute Gasteiger partial charge is 0.322 e. The van der Waals surface area contributed by atoms with Gasteiger partial charge in [-0.05, 0) is 55.3 Å². The largest absolute Gasteiger partial charge is 0.333 e. The molecule has 1 aromatic heterocycles. The van der Waals surface area contributed by atoms with Crippen LogP contribution in [0.1, 0.15) is 21.5 Å². The molecule has 3 rings (SSSR count). The Morgan fingerprint density at radius 3 is 2.30 bits per heavy atom. The fraction of sp³-hybridized carbons (Fsp3) is 0.105. The van der Waals surface area contributed by atoms with Crippen molar-refractivity contribution < 1.29 is 4.79 Å². The minimum atomic E-state index is -0.729. The van der Waals surface area contributed by atoms with Crippen LogP contribution < -0.4 is 16.6 Å². The van der Waals surface area contributed by atoms with E-state index < -0.39 is 17.2 Å². The van der Waals surface area contributed by atoms with Gasteiger partial charge in [-0.1, -0.05) is 29.3 Å². The van der Waals surface area contributed by atoms with Crippen molar-refractivity contribution in [3.63, 3.8) is 0 Å². The van der Waals surface area contributed by atoms with Gasteiger partial charge in [-0.15, -0.1) is 0 Å². The topological polar surface area (TPSA) is 84.0 Å². The number of halogens is 2. The van der Waals surface area contributed by atoms with Crippen LogP contribution in [0.4, 0.5) is 5.69 Å². The van der Waals surface area contributed by atoms with Crippen LogP contribution in [0.15, 0.2) is 52.2 Å². The first-order valence-electron chi connectivity index (χ1n) is 7.96. The van der Waals surface area contributed by atoms with Gasteiger partial charge in [-0.25, -0.2) is 9.36 Å². The predicted octanol–water partition coefficient (Wildman–Crippen LogP) is 3.70. The zero-order chi connectivity index (χ0) is 19.7. The van der Waals surface area contributed by atoms with E-state index in [1.807, 2.05) is 13.8 Å². The maximum atomic E-state index is 12.8. The Kier molecular flexibility index (Phi) is 5.21. The van der Waals surface area contributed by atoms with E-state index in [-0.39, 0.29) is 5.56 Å². The molecule has 0 fully saturated rings. The lowest BCUT2D eigenvalue weighted by Gasteiger charge is -2.10. The molecule has 1 heterocycles. The summed E-state index contributed by atoms with van der Waals surface area (Å²) in [5.41, 5.74) is 1.07. The molecule has 0 aliphatic rings. The maximum Gasteiger partial charge on any atom is 0.333 e. The highest BCUT2D eigenvalue weighted by Gasteiger charge is 2.16. The number of aromatic nitrogens is 2. The molecule has 0 unspecified atom stereocenters. The lowest BCUT2D eigenvalue weighted by molar-refractivity contribution is 0.102. The van der Waals surface area contributed by atoms with Crippen LogP contribution in [-0.4, -0.2) is 15.5 Å². The number of rotatable bonds is 3. The monoisotopic (exact) mass is 403 g/mol. The lowest BCUT2D eigenvalue weighted by Crippen LogP contribution is -2.38. The van der Waals surface area contributed by atoms with Crippen molar-refractivity contribution in [2.75, 3.05) is 5.32 Å². The van der Waals surface area contributed by atoms with Crippen LogP contribution in [-0.2, 0) is 0 Å². The van der Waals surface area contributed by atoms with Gasteiger partial charge in [0.25, 0.3) is 11.5 Å². The van der Waals surface area contributed by atoms with Crippen molar-refractivity contribution >= 4 is 34.8 Å². The molecule has 0 spiro atoms. The van der Waals surface area contributed by atoms with Crippen molar-refractivity contribution in [2.45, 2.75) is 13.8 Å². The highest BCUT2D eigenvalue weighted by Crippen LogP contribution is 2.22. The van der Waals surface area contributed by atoms with Crippen molar-refractivity contribution in [2.24, 2.45) is 0 Å². The zero-order valence-corrected chi connectivity index (χ0v) is 16.0. The summed E-state index contributed by atoms with van der Waals surface area (Å²) in [6.07, 6.45) is 1.09. The van der Waals surface area contributed by atoms with E-state index >= 15 is 0 Å². The number of hydrogen-bond donors (Lipinski definition) is 2. The number of nitrogens with zero attached hydrogens (tertiary/aromatic N) is 1. The Hall–Kier alpha value is -2.83. The third kappa shape index (κ3) is 3.97. The molecular weight excluding hydrogens is 389 g/mol. The van der Waals surface area contributed by atoms with E-state index in [4.69, 9.17) is 23.2 Å². The summed E-state index contributed by atoms with van der Waals surface area (Å²) in [7, 11) is 0. The average Bonchev–Trinajstić information content (AvgIpc) is 2.57. The van der Waals surface area contributed by atoms with Gasteiger partial charge in [0.2, 0.25) is 0 Å². The molecule has 2 N–H and O–H groups in total. The van der Waals surface area contributed by atoms with E-state index in [2.05, 4.69) is 10.3 Å². The Morgan fingerprint density at radius 1 is 1.00 bits per heavy atom. The number of nitrogens with one attached hydrogen (secondary N) is 2. The molecule has 27 heavy (non-hydrogen) atoms. The van der Waals surface area contributed by atoms with Gasteiger partial charge in [-0.3, -0.25) is 9.59 Å². The van der Waals surface area contributed by atoms with Crippen LogP contribution in [0.5, 0.6) is 0 Å². The number of hydrogen-bond acceptors (Lipinski definition) is 3. The van der Waals surface area contributed by atoms with Gasteiger partial charge in [-0.2, -0.15) is 0 Å². The van der Waals surface area contributed by atoms with E-state index in [1.54, 1.807) is 18.2 Å². The van der Waals surface area contributed by atoms with Gasteiger partial charge >= 0.3 is 5.69 Å². The summed E-state index contributed by atoms with van der Waals surface area (Å²) in [6, 6.07) is 9.68. The average molecular weight is 404 g/mol. The van der Waals surface area contributed by atoms with Crippen molar-refractivity contribution in [3.05, 3.63) is 90.2 Å². The first-order valence-corrected chi connectivity index (χ1v) is 8.71. The van der Waals surface area contributed by atoms with Gasteiger partial charge in [0, 0.05) is 21.9 Å². The predicted molar refractivity (Wildman–Crippen MR) is 107 cm³/mol. The van der Waals surface area contributed by atoms with Crippen molar-refractivity contribution in [1.82, 2.24) is 9.55 Å². The second-order valence-corrected chi connectivity index (χ2v) is 6.90. The summed E-state index contributed by atoms with van der Waals surface area (Å²) in [5, 5.41) is 3.24. The number of H-pyrrole nitrogens is 1. The quantitative estimate of drug-likeness (QED) is 0.698. The summed E-state index contributed by atoms with van der Waals surface area (Å²) in [6.45, 7) is 3.80. The fourth-order valence-electron chi connectivity index (χ4n) is 2.56. The molecule has 0 aliphatic carbocycles. The number of aromatic amines is 1. The molecule has 2 aromatic carbocycles. The number of carbonyl (C=O) groups excluding carboxylic acids is 1. The molecular formula is C19H15Cl2N3O3. The van der Waals surface area contributed by atoms with Crippen LogP contribution >= 0.6 is 23.2 Å². The third-order valence-corrected chi connectivity index (χ3v) is 4.53. The number of benzene rings is 2. The van der Waals surface area contributed by atoms with Crippen LogP contribution in [0.2, 0.25) is 10.0 Å². The Balaban J connectivity index is 2.04. The Bertz CT molecular complexity index is 1150. The molecule has 8 heteroatoms. The highest BCUT2D eigenvalue weighted by atomic mass is 35.5. The molecule has 0 saturated carbocycles. The van der Waals surface area contributed by atoms with Gasteiger partial charge in [0.1, 0.15) is 5.56 Å². The number of carbonyl (C=O) groups is 1. The highest BCUT2D eigenvalue weighted by molar-refractivity contribution is 6.35. The molecule has 1 amide bonds. The standard InChI is InChI=1S/C19H15Cl2N3O3/c1-10-3-4-15(5-11(10)2)24-18(26)16(9-22-19(24)27)17(25)23-14-7-12(20)6-13(21)8-14/h3-9H,1-2H3,(H,22,27)(H,23,25). The zero-order valence-electron chi connectivity index (χ0n) is 14.5. The summed E-state index contributed by atoms with van der Waals surface area (Å²) in [4.78, 5) is 39.9. The summed E-state index contributed by atoms with van der Waals surface area (Å²) >= 11 is 11.8. The van der Waals surface area contributed by atoms with E-state index in [1.165, 1.54) is 18.2 Å². The molecule has 3 aromatic rings. The van der Waals surface area contributed by atoms with Crippen molar-refractivity contribution in [1.29, 1.82) is 0 Å². The fourth-order valence-corrected chi connectivity index (χ4v) is 3.09. The third-order valence-electron chi connectivity index (χ3n) is 4.09. The van der Waals surface area contributed by atoms with Crippen LogP contribution in [0.3, 0.4) is 0 Å².